The molecule has 1 aromatic carbocycles. The van der Waals surface area contributed by atoms with Crippen LogP contribution in [0, 0.1) is 6.92 Å². The van der Waals surface area contributed by atoms with Crippen LogP contribution in [0.4, 0.5) is 0 Å². The van der Waals surface area contributed by atoms with Gasteiger partial charge in [0, 0.05) is 12.2 Å². The third-order valence-electron chi connectivity index (χ3n) is 3.16. The Balaban J connectivity index is 1.58. The lowest BCUT2D eigenvalue weighted by atomic mass is 10.1. The molecule has 0 aliphatic carbocycles. The van der Waals surface area contributed by atoms with Crippen LogP contribution in [0.2, 0.25) is 0 Å². The minimum absolute atomic E-state index is 0.868. The minimum atomic E-state index is 0.868. The zero-order chi connectivity index (χ0) is 13.3. The molecule has 1 aromatic heterocycles. The summed E-state index contributed by atoms with van der Waals surface area (Å²) < 4.78 is 0. The van der Waals surface area contributed by atoms with E-state index in [1.807, 2.05) is 13.0 Å². The molecule has 2 rings (SSSR count). The molecule has 0 saturated carbocycles. The summed E-state index contributed by atoms with van der Waals surface area (Å²) in [5.74, 6) is 0. The molecular weight excluding hydrogens is 232 g/mol. The van der Waals surface area contributed by atoms with E-state index in [1.165, 1.54) is 24.8 Å². The van der Waals surface area contributed by atoms with Crippen molar-refractivity contribution in [2.75, 3.05) is 6.54 Å². The maximum absolute atomic E-state index is 4.48. The Morgan fingerprint density at radius 1 is 0.947 bits per heavy atom. The van der Waals surface area contributed by atoms with Gasteiger partial charge in [-0.25, -0.2) is 0 Å². The second-order valence-electron chi connectivity index (χ2n) is 4.89. The fourth-order valence-electron chi connectivity index (χ4n) is 2.14. The molecule has 0 bridgehead atoms. The Morgan fingerprint density at radius 2 is 1.79 bits per heavy atom. The van der Waals surface area contributed by atoms with Crippen LogP contribution in [0.1, 0.15) is 29.8 Å². The van der Waals surface area contributed by atoms with E-state index >= 15 is 0 Å². The average molecular weight is 254 g/mol. The van der Waals surface area contributed by atoms with Crippen LogP contribution in [-0.2, 0) is 13.0 Å². The van der Waals surface area contributed by atoms with Crippen molar-refractivity contribution in [3.63, 3.8) is 0 Å². The van der Waals surface area contributed by atoms with Gasteiger partial charge in [-0.2, -0.15) is 0 Å². The smallest absolute Gasteiger partial charge is 0.0544 e. The Labute approximate surface area is 115 Å². The molecule has 0 aliphatic rings. The Hall–Kier alpha value is -1.67. The third-order valence-corrected chi connectivity index (χ3v) is 3.16. The lowest BCUT2D eigenvalue weighted by molar-refractivity contribution is 0.615. The van der Waals surface area contributed by atoms with Crippen LogP contribution in [0.15, 0.2) is 48.5 Å². The largest absolute Gasteiger partial charge is 0.311 e. The predicted molar refractivity (Wildman–Crippen MR) is 80.1 cm³/mol. The number of hydrogen-bond donors (Lipinski definition) is 1. The summed E-state index contributed by atoms with van der Waals surface area (Å²) in [5, 5.41) is 3.45. The Morgan fingerprint density at radius 3 is 2.58 bits per heavy atom. The van der Waals surface area contributed by atoms with Crippen LogP contribution >= 0.6 is 0 Å². The molecule has 0 spiro atoms. The SMILES string of the molecule is Cc1cccc(CNCCCCc2ccccc2)n1. The van der Waals surface area contributed by atoms with Gasteiger partial charge in [0.25, 0.3) is 0 Å². The Bertz CT molecular complexity index is 480. The first-order valence-corrected chi connectivity index (χ1v) is 7.02. The van der Waals surface area contributed by atoms with Gasteiger partial charge in [-0.05, 0) is 50.4 Å². The standard InChI is InChI=1S/C17H22N2/c1-15-8-7-12-17(19-15)14-18-13-6-5-11-16-9-3-2-4-10-16/h2-4,7-10,12,18H,5-6,11,13-14H2,1H3. The molecule has 0 atom stereocenters. The fraction of sp³-hybridized carbons (Fsp3) is 0.353. The van der Waals surface area contributed by atoms with Gasteiger partial charge in [0.15, 0.2) is 0 Å². The van der Waals surface area contributed by atoms with E-state index in [2.05, 4.69) is 52.8 Å². The monoisotopic (exact) mass is 254 g/mol. The second-order valence-corrected chi connectivity index (χ2v) is 4.89. The zero-order valence-corrected chi connectivity index (χ0v) is 11.6. The minimum Gasteiger partial charge on any atom is -0.311 e. The average Bonchev–Trinajstić information content (AvgIpc) is 2.44. The van der Waals surface area contributed by atoms with Crippen molar-refractivity contribution in [2.45, 2.75) is 32.7 Å². The normalized spacial score (nSPS) is 10.6. The Kier molecular flexibility index (Phi) is 5.57. The van der Waals surface area contributed by atoms with Crippen molar-refractivity contribution in [1.29, 1.82) is 0 Å². The van der Waals surface area contributed by atoms with Gasteiger partial charge in [0.1, 0.15) is 0 Å². The topological polar surface area (TPSA) is 24.9 Å². The molecule has 19 heavy (non-hydrogen) atoms. The number of hydrogen-bond acceptors (Lipinski definition) is 2. The molecule has 2 aromatic rings. The summed E-state index contributed by atoms with van der Waals surface area (Å²) in [6.45, 7) is 3.96. The quantitative estimate of drug-likeness (QED) is 0.765. The maximum Gasteiger partial charge on any atom is 0.0544 e. The van der Waals surface area contributed by atoms with Gasteiger partial charge in [-0.15, -0.1) is 0 Å². The highest BCUT2D eigenvalue weighted by molar-refractivity contribution is 5.14. The molecule has 0 amide bonds. The fourth-order valence-corrected chi connectivity index (χ4v) is 2.14. The highest BCUT2D eigenvalue weighted by Crippen LogP contribution is 2.04. The van der Waals surface area contributed by atoms with Gasteiger partial charge in [-0.3, -0.25) is 4.98 Å². The van der Waals surface area contributed by atoms with Crippen molar-refractivity contribution in [3.8, 4) is 0 Å². The van der Waals surface area contributed by atoms with Crippen LogP contribution < -0.4 is 5.32 Å². The van der Waals surface area contributed by atoms with E-state index in [0.717, 1.165) is 24.5 Å². The van der Waals surface area contributed by atoms with Crippen molar-refractivity contribution in [1.82, 2.24) is 10.3 Å². The van der Waals surface area contributed by atoms with Crippen LogP contribution in [-0.4, -0.2) is 11.5 Å². The lowest BCUT2D eigenvalue weighted by Gasteiger charge is -2.05. The zero-order valence-electron chi connectivity index (χ0n) is 11.6. The molecule has 0 unspecified atom stereocenters. The number of aryl methyl sites for hydroxylation is 2. The summed E-state index contributed by atoms with van der Waals surface area (Å²) in [6, 6.07) is 16.9. The lowest BCUT2D eigenvalue weighted by Crippen LogP contribution is -2.15. The molecule has 1 N–H and O–H groups in total. The van der Waals surface area contributed by atoms with E-state index in [4.69, 9.17) is 0 Å². The molecular formula is C17H22N2. The summed E-state index contributed by atoms with van der Waals surface area (Å²) >= 11 is 0. The predicted octanol–water partition coefficient (Wildman–Crippen LogP) is 3.50. The van der Waals surface area contributed by atoms with Gasteiger partial charge in [-0.1, -0.05) is 36.4 Å². The molecule has 2 nitrogen and oxygen atoms in total. The van der Waals surface area contributed by atoms with E-state index in [9.17, 15) is 0 Å². The van der Waals surface area contributed by atoms with E-state index < -0.39 is 0 Å². The first kappa shape index (κ1) is 13.8. The molecule has 0 aliphatic heterocycles. The number of rotatable bonds is 7. The van der Waals surface area contributed by atoms with Crippen molar-refractivity contribution < 1.29 is 0 Å². The third kappa shape index (κ3) is 5.23. The number of aromatic nitrogens is 1. The van der Waals surface area contributed by atoms with Crippen molar-refractivity contribution in [2.24, 2.45) is 0 Å². The van der Waals surface area contributed by atoms with Crippen LogP contribution in [0.3, 0.4) is 0 Å². The number of nitrogens with zero attached hydrogens (tertiary/aromatic N) is 1. The van der Waals surface area contributed by atoms with Crippen molar-refractivity contribution >= 4 is 0 Å². The van der Waals surface area contributed by atoms with E-state index in [0.29, 0.717) is 0 Å². The highest BCUT2D eigenvalue weighted by Gasteiger charge is 1.95. The van der Waals surface area contributed by atoms with Gasteiger partial charge >= 0.3 is 0 Å². The first-order valence-electron chi connectivity index (χ1n) is 7.02. The number of unbranched alkanes of at least 4 members (excludes halogenated alkanes) is 1. The van der Waals surface area contributed by atoms with E-state index in [1.54, 1.807) is 0 Å². The van der Waals surface area contributed by atoms with E-state index in [-0.39, 0.29) is 0 Å². The second kappa shape index (κ2) is 7.70. The molecule has 0 radical (unpaired) electrons. The molecule has 2 heteroatoms. The van der Waals surface area contributed by atoms with Gasteiger partial charge in [0.05, 0.1) is 5.69 Å². The molecule has 0 fully saturated rings. The number of benzene rings is 1. The van der Waals surface area contributed by atoms with Crippen LogP contribution in [0.5, 0.6) is 0 Å². The summed E-state index contributed by atoms with van der Waals surface area (Å²) in [4.78, 5) is 4.48. The van der Waals surface area contributed by atoms with Crippen LogP contribution in [0.25, 0.3) is 0 Å². The molecule has 0 saturated heterocycles. The number of nitrogens with one attached hydrogen (secondary N) is 1. The van der Waals surface area contributed by atoms with Gasteiger partial charge in [0.2, 0.25) is 0 Å². The molecule has 1 heterocycles. The summed E-state index contributed by atoms with van der Waals surface area (Å²) in [6.07, 6.45) is 3.62. The summed E-state index contributed by atoms with van der Waals surface area (Å²) in [5.41, 5.74) is 3.65. The van der Waals surface area contributed by atoms with Crippen molar-refractivity contribution in [3.05, 3.63) is 65.5 Å². The molecule has 100 valence electrons. The maximum atomic E-state index is 4.48. The van der Waals surface area contributed by atoms with Gasteiger partial charge < -0.3 is 5.32 Å². The summed E-state index contributed by atoms with van der Waals surface area (Å²) in [7, 11) is 0. The highest BCUT2D eigenvalue weighted by atomic mass is 14.9. The first-order chi connectivity index (χ1) is 9.34. The number of pyridine rings is 1.